The molecule has 188 valence electrons. The molecule has 2 aromatic heterocycles. The summed E-state index contributed by atoms with van der Waals surface area (Å²) in [5.74, 6) is -0.648. The highest BCUT2D eigenvalue weighted by atomic mass is 19.4. The van der Waals surface area contributed by atoms with Crippen LogP contribution in [0.3, 0.4) is 0 Å². The van der Waals surface area contributed by atoms with E-state index >= 15 is 0 Å². The summed E-state index contributed by atoms with van der Waals surface area (Å²) in [4.78, 5) is 39.1. The van der Waals surface area contributed by atoms with E-state index in [4.69, 9.17) is 5.26 Å². The molecule has 0 aliphatic carbocycles. The zero-order chi connectivity index (χ0) is 26.9. The highest BCUT2D eigenvalue weighted by molar-refractivity contribution is 5.75. The number of nitrogens with zero attached hydrogens (tertiary/aromatic N) is 5. The third-order valence-electron chi connectivity index (χ3n) is 5.73. The smallest absolute Gasteiger partial charge is 0.358 e. The first kappa shape index (κ1) is 25.2. The number of hydrogen-bond acceptors (Lipinski definition) is 5. The number of likely N-dealkylation sites (N-methyl/N-ethyl adjacent to an activating group) is 1. The lowest BCUT2D eigenvalue weighted by Gasteiger charge is -2.19. The lowest BCUT2D eigenvalue weighted by atomic mass is 10.1. The fourth-order valence-corrected chi connectivity index (χ4v) is 3.91. The molecule has 1 N–H and O–H groups in total. The molecule has 0 aliphatic rings. The van der Waals surface area contributed by atoms with Crippen LogP contribution in [0.1, 0.15) is 16.8 Å². The molecule has 0 fully saturated rings. The number of carbonyl (C=O) groups excluding carboxylic acids is 1. The lowest BCUT2D eigenvalue weighted by molar-refractivity contribution is -0.137. The van der Waals surface area contributed by atoms with Crippen LogP contribution in [0.4, 0.5) is 13.2 Å². The molecule has 0 saturated heterocycles. The predicted molar refractivity (Wildman–Crippen MR) is 127 cm³/mol. The highest BCUT2D eigenvalue weighted by Crippen LogP contribution is 2.31. The van der Waals surface area contributed by atoms with Crippen LogP contribution >= 0.6 is 0 Å². The molecule has 4 rings (SSSR count). The van der Waals surface area contributed by atoms with Crippen LogP contribution in [0.15, 0.2) is 70.4 Å². The van der Waals surface area contributed by atoms with Gasteiger partial charge < -0.3 is 5.32 Å². The first-order chi connectivity index (χ1) is 17.6. The molecule has 9 nitrogen and oxygen atoms in total. The number of rotatable bonds is 5. The number of nitriles is 1. The fourth-order valence-electron chi connectivity index (χ4n) is 3.91. The predicted octanol–water partition coefficient (Wildman–Crippen LogP) is 2.80. The molecule has 0 unspecified atom stereocenters. The number of hydrogen-bond donors (Lipinski definition) is 1. The minimum absolute atomic E-state index is 0.0391. The first-order valence-corrected chi connectivity index (χ1v) is 10.9. The van der Waals surface area contributed by atoms with Gasteiger partial charge in [0.15, 0.2) is 0 Å². The van der Waals surface area contributed by atoms with Crippen LogP contribution in [0, 0.1) is 18.3 Å². The standard InChI is InChI=1S/C25H19F3N6O3/c1-15-22(20-10-11-31-34(20)18-8-6-16(13-29)7-9-18)23(36)32(14-21(35)30-2)24(37)33(15)19-5-3-4-17(12-19)25(26,27)28/h3-12H,14H2,1-2H3,(H,30,35). The zero-order valence-corrected chi connectivity index (χ0v) is 19.6. The SMILES string of the molecule is CNC(=O)Cn1c(=O)c(-c2ccnn2-c2ccc(C#N)cc2)c(C)n(-c2cccc(C(F)(F)F)c2)c1=O. The van der Waals surface area contributed by atoms with Crippen LogP contribution < -0.4 is 16.6 Å². The highest BCUT2D eigenvalue weighted by Gasteiger charge is 2.31. The van der Waals surface area contributed by atoms with Gasteiger partial charge in [-0.3, -0.25) is 14.2 Å². The van der Waals surface area contributed by atoms with Gasteiger partial charge >= 0.3 is 11.9 Å². The quantitative estimate of drug-likeness (QED) is 0.445. The van der Waals surface area contributed by atoms with Crippen molar-refractivity contribution in [2.24, 2.45) is 0 Å². The van der Waals surface area contributed by atoms with Gasteiger partial charge in [0.05, 0.1) is 46.0 Å². The van der Waals surface area contributed by atoms with Crippen LogP contribution in [0.25, 0.3) is 22.6 Å². The number of benzene rings is 2. The van der Waals surface area contributed by atoms with Crippen molar-refractivity contribution >= 4 is 5.91 Å². The Morgan fingerprint density at radius 1 is 1.08 bits per heavy atom. The van der Waals surface area contributed by atoms with E-state index in [1.165, 1.54) is 37.0 Å². The molecule has 0 bridgehead atoms. The Hall–Kier alpha value is -4.92. The summed E-state index contributed by atoms with van der Waals surface area (Å²) in [6.07, 6.45) is -3.25. The van der Waals surface area contributed by atoms with E-state index in [0.29, 0.717) is 15.8 Å². The van der Waals surface area contributed by atoms with Crippen LogP contribution in [-0.4, -0.2) is 31.9 Å². The molecule has 4 aromatic rings. The summed E-state index contributed by atoms with van der Waals surface area (Å²) in [6, 6.07) is 14.0. The summed E-state index contributed by atoms with van der Waals surface area (Å²) >= 11 is 0. The molecule has 1 amide bonds. The molecular weight excluding hydrogens is 489 g/mol. The van der Waals surface area contributed by atoms with Crippen molar-refractivity contribution in [3.63, 3.8) is 0 Å². The largest absolute Gasteiger partial charge is 0.416 e. The monoisotopic (exact) mass is 508 g/mol. The van der Waals surface area contributed by atoms with Crippen LogP contribution in [-0.2, 0) is 17.5 Å². The number of alkyl halides is 3. The van der Waals surface area contributed by atoms with Gasteiger partial charge in [-0.2, -0.15) is 23.5 Å². The second-order valence-electron chi connectivity index (χ2n) is 7.98. The van der Waals surface area contributed by atoms with Crippen molar-refractivity contribution in [2.45, 2.75) is 19.6 Å². The Kier molecular flexibility index (Phi) is 6.54. The molecule has 37 heavy (non-hydrogen) atoms. The Morgan fingerprint density at radius 2 is 1.78 bits per heavy atom. The van der Waals surface area contributed by atoms with E-state index < -0.39 is 35.4 Å². The van der Waals surface area contributed by atoms with Gasteiger partial charge in [-0.15, -0.1) is 0 Å². The first-order valence-electron chi connectivity index (χ1n) is 10.9. The van der Waals surface area contributed by atoms with E-state index in [1.807, 2.05) is 6.07 Å². The number of carbonyl (C=O) groups is 1. The maximum Gasteiger partial charge on any atom is 0.416 e. The molecule has 0 spiro atoms. The maximum atomic E-state index is 13.6. The maximum absolute atomic E-state index is 13.6. The zero-order valence-electron chi connectivity index (χ0n) is 19.6. The fraction of sp³-hybridized carbons (Fsp3) is 0.160. The van der Waals surface area contributed by atoms with Gasteiger partial charge in [-0.25, -0.2) is 14.0 Å². The molecule has 2 heterocycles. The van der Waals surface area contributed by atoms with Gasteiger partial charge in [-0.05, 0) is 55.5 Å². The Labute approximate surface area is 207 Å². The van der Waals surface area contributed by atoms with E-state index in [2.05, 4.69) is 10.4 Å². The second kappa shape index (κ2) is 9.62. The molecular formula is C25H19F3N6O3. The van der Waals surface area contributed by atoms with Gasteiger partial charge in [0.1, 0.15) is 6.54 Å². The van der Waals surface area contributed by atoms with Gasteiger partial charge in [-0.1, -0.05) is 6.07 Å². The minimum Gasteiger partial charge on any atom is -0.358 e. The summed E-state index contributed by atoms with van der Waals surface area (Å²) in [5.41, 5.74) is -1.76. The van der Waals surface area contributed by atoms with Crippen LogP contribution in [0.2, 0.25) is 0 Å². The van der Waals surface area contributed by atoms with Crippen molar-refractivity contribution in [3.8, 4) is 28.7 Å². The molecule has 0 atom stereocenters. The topological polar surface area (TPSA) is 115 Å². The third kappa shape index (κ3) is 4.66. The summed E-state index contributed by atoms with van der Waals surface area (Å²) in [5, 5.41) is 15.7. The third-order valence-corrected chi connectivity index (χ3v) is 5.73. The normalized spacial score (nSPS) is 11.2. The Balaban J connectivity index is 2.04. The van der Waals surface area contributed by atoms with E-state index in [-0.39, 0.29) is 22.6 Å². The molecule has 12 heteroatoms. The lowest BCUT2D eigenvalue weighted by Crippen LogP contribution is -2.44. The average molecular weight is 508 g/mol. The number of amides is 1. The van der Waals surface area contributed by atoms with E-state index in [1.54, 1.807) is 24.3 Å². The molecule has 0 radical (unpaired) electrons. The van der Waals surface area contributed by atoms with E-state index in [9.17, 15) is 27.6 Å². The average Bonchev–Trinajstić information content (AvgIpc) is 3.35. The molecule has 0 saturated carbocycles. The van der Waals surface area contributed by atoms with Crippen molar-refractivity contribution in [2.75, 3.05) is 7.05 Å². The Bertz CT molecular complexity index is 1660. The summed E-state index contributed by atoms with van der Waals surface area (Å²) < 4.78 is 43.3. The van der Waals surface area contributed by atoms with Gasteiger partial charge in [0.2, 0.25) is 5.91 Å². The second-order valence-corrected chi connectivity index (χ2v) is 7.98. The van der Waals surface area contributed by atoms with Gasteiger partial charge in [0.25, 0.3) is 5.56 Å². The van der Waals surface area contributed by atoms with Crippen molar-refractivity contribution < 1.29 is 18.0 Å². The van der Waals surface area contributed by atoms with Crippen molar-refractivity contribution in [3.05, 3.63) is 98.5 Å². The van der Waals surface area contributed by atoms with E-state index in [0.717, 1.165) is 22.8 Å². The van der Waals surface area contributed by atoms with Crippen LogP contribution in [0.5, 0.6) is 0 Å². The van der Waals surface area contributed by atoms with Crippen molar-refractivity contribution in [1.29, 1.82) is 5.26 Å². The summed E-state index contributed by atoms with van der Waals surface area (Å²) in [6.45, 7) is 0.782. The minimum atomic E-state index is -4.67. The van der Waals surface area contributed by atoms with Crippen molar-refractivity contribution in [1.82, 2.24) is 24.2 Å². The number of halogens is 3. The molecule has 2 aromatic carbocycles. The summed E-state index contributed by atoms with van der Waals surface area (Å²) in [7, 11) is 1.33. The molecule has 0 aliphatic heterocycles. The number of nitrogens with one attached hydrogen (secondary N) is 1. The number of aromatic nitrogens is 4. The van der Waals surface area contributed by atoms with Gasteiger partial charge in [0, 0.05) is 12.7 Å². The Morgan fingerprint density at radius 3 is 2.41 bits per heavy atom.